The predicted molar refractivity (Wildman–Crippen MR) is 57.3 cm³/mol. The summed E-state index contributed by atoms with van der Waals surface area (Å²) in [7, 11) is 1.82. The molecule has 2 fully saturated rings. The van der Waals surface area contributed by atoms with Crippen molar-refractivity contribution in [1.29, 1.82) is 0 Å². The fourth-order valence-corrected chi connectivity index (χ4v) is 3.52. The second-order valence-electron chi connectivity index (χ2n) is 4.55. The molecular weight excluding hydrogens is 182 g/mol. The molecule has 3 heteroatoms. The molecule has 0 aromatic heterocycles. The summed E-state index contributed by atoms with van der Waals surface area (Å²) in [5, 5.41) is 0. The van der Waals surface area contributed by atoms with Gasteiger partial charge in [-0.2, -0.15) is 11.8 Å². The molecule has 2 rings (SSSR count). The summed E-state index contributed by atoms with van der Waals surface area (Å²) in [6.45, 7) is 5.76. The molecule has 2 aliphatic heterocycles. The average Bonchev–Trinajstić information content (AvgIpc) is 2.54. The molecule has 2 saturated heterocycles. The second kappa shape index (κ2) is 3.79. The summed E-state index contributed by atoms with van der Waals surface area (Å²) in [6.07, 6.45) is 1.42. The number of thioether (sulfide) groups is 1. The van der Waals surface area contributed by atoms with E-state index < -0.39 is 0 Å². The maximum atomic E-state index is 5.42. The Kier molecular flexibility index (Phi) is 2.86. The average molecular weight is 201 g/mol. The van der Waals surface area contributed by atoms with E-state index in [4.69, 9.17) is 4.74 Å². The lowest BCUT2D eigenvalue weighted by Crippen LogP contribution is -2.61. The van der Waals surface area contributed by atoms with Crippen molar-refractivity contribution in [1.82, 2.24) is 4.90 Å². The number of methoxy groups -OCH3 is 1. The summed E-state index contributed by atoms with van der Waals surface area (Å²) in [6, 6.07) is 0. The van der Waals surface area contributed by atoms with Crippen LogP contribution in [-0.4, -0.2) is 48.8 Å². The van der Waals surface area contributed by atoms with Gasteiger partial charge in [0, 0.05) is 26.7 Å². The molecule has 1 unspecified atom stereocenters. The molecule has 76 valence electrons. The van der Waals surface area contributed by atoms with Crippen LogP contribution in [-0.2, 0) is 4.74 Å². The van der Waals surface area contributed by atoms with Gasteiger partial charge in [-0.3, -0.25) is 4.90 Å². The standard InChI is InChI=1S/C10H19NOS/c1-10(12-2)7-11(8-10)5-9-3-4-13-6-9/h9H,3-8H2,1-2H3. The third kappa shape index (κ3) is 2.20. The molecule has 2 aliphatic rings. The normalized spacial score (nSPS) is 33.2. The Bertz CT molecular complexity index is 174. The number of rotatable bonds is 3. The predicted octanol–water partition coefficient (Wildman–Crippen LogP) is 1.46. The van der Waals surface area contributed by atoms with E-state index in [1.807, 2.05) is 7.11 Å². The highest BCUT2D eigenvalue weighted by atomic mass is 32.2. The molecule has 13 heavy (non-hydrogen) atoms. The molecule has 2 heterocycles. The minimum absolute atomic E-state index is 0.158. The van der Waals surface area contributed by atoms with Crippen LogP contribution in [0.15, 0.2) is 0 Å². The number of hydrogen-bond donors (Lipinski definition) is 0. The van der Waals surface area contributed by atoms with E-state index in [9.17, 15) is 0 Å². The Hall–Kier alpha value is 0.270. The monoisotopic (exact) mass is 201 g/mol. The fraction of sp³-hybridized carbons (Fsp3) is 1.00. The number of nitrogens with zero attached hydrogens (tertiary/aromatic N) is 1. The topological polar surface area (TPSA) is 12.5 Å². The van der Waals surface area contributed by atoms with E-state index in [1.165, 1.54) is 24.5 Å². The molecule has 0 amide bonds. The van der Waals surface area contributed by atoms with E-state index in [0.717, 1.165) is 19.0 Å². The van der Waals surface area contributed by atoms with Gasteiger partial charge in [0.15, 0.2) is 0 Å². The quantitative estimate of drug-likeness (QED) is 0.686. The molecule has 0 saturated carbocycles. The Morgan fingerprint density at radius 1 is 1.54 bits per heavy atom. The van der Waals surface area contributed by atoms with Gasteiger partial charge in [0.05, 0.1) is 5.60 Å². The van der Waals surface area contributed by atoms with Crippen molar-refractivity contribution in [2.75, 3.05) is 38.2 Å². The number of hydrogen-bond acceptors (Lipinski definition) is 3. The third-order valence-corrected chi connectivity index (χ3v) is 4.38. The highest BCUT2D eigenvalue weighted by Gasteiger charge is 2.39. The molecular formula is C10H19NOS. The van der Waals surface area contributed by atoms with Gasteiger partial charge in [0.2, 0.25) is 0 Å². The van der Waals surface area contributed by atoms with Gasteiger partial charge in [-0.05, 0) is 30.8 Å². The van der Waals surface area contributed by atoms with E-state index in [0.29, 0.717) is 0 Å². The molecule has 2 nitrogen and oxygen atoms in total. The van der Waals surface area contributed by atoms with Gasteiger partial charge in [-0.25, -0.2) is 0 Å². The van der Waals surface area contributed by atoms with Crippen molar-refractivity contribution in [2.45, 2.75) is 18.9 Å². The van der Waals surface area contributed by atoms with E-state index in [1.54, 1.807) is 0 Å². The molecule has 0 N–H and O–H groups in total. The van der Waals surface area contributed by atoms with Crippen LogP contribution in [0.5, 0.6) is 0 Å². The zero-order valence-electron chi connectivity index (χ0n) is 8.58. The number of ether oxygens (including phenoxy) is 1. The summed E-state index contributed by atoms with van der Waals surface area (Å²) in [5.74, 6) is 3.70. The van der Waals surface area contributed by atoms with Crippen molar-refractivity contribution in [2.24, 2.45) is 5.92 Å². The maximum Gasteiger partial charge on any atom is 0.0903 e. The lowest BCUT2D eigenvalue weighted by molar-refractivity contribution is -0.114. The van der Waals surface area contributed by atoms with Gasteiger partial charge in [0.25, 0.3) is 0 Å². The lowest BCUT2D eigenvalue weighted by Gasteiger charge is -2.47. The molecule has 0 spiro atoms. The maximum absolute atomic E-state index is 5.42. The Labute approximate surface area is 85.0 Å². The van der Waals surface area contributed by atoms with Crippen molar-refractivity contribution in [3.8, 4) is 0 Å². The van der Waals surface area contributed by atoms with E-state index in [-0.39, 0.29) is 5.60 Å². The van der Waals surface area contributed by atoms with Crippen LogP contribution in [0.1, 0.15) is 13.3 Å². The summed E-state index contributed by atoms with van der Waals surface area (Å²) < 4.78 is 5.42. The smallest absolute Gasteiger partial charge is 0.0903 e. The van der Waals surface area contributed by atoms with Crippen LogP contribution >= 0.6 is 11.8 Å². The SMILES string of the molecule is COC1(C)CN(CC2CCSC2)C1. The van der Waals surface area contributed by atoms with Crippen molar-refractivity contribution < 1.29 is 4.74 Å². The molecule has 0 aromatic rings. The molecule has 0 aliphatic carbocycles. The first-order valence-electron chi connectivity index (χ1n) is 5.07. The number of likely N-dealkylation sites (tertiary alicyclic amines) is 1. The van der Waals surface area contributed by atoms with Gasteiger partial charge in [-0.15, -0.1) is 0 Å². The van der Waals surface area contributed by atoms with Gasteiger partial charge < -0.3 is 4.74 Å². The third-order valence-electron chi connectivity index (χ3n) is 3.15. The van der Waals surface area contributed by atoms with Crippen molar-refractivity contribution in [3.63, 3.8) is 0 Å². The van der Waals surface area contributed by atoms with Crippen LogP contribution in [0.25, 0.3) is 0 Å². The minimum atomic E-state index is 0.158. The summed E-state index contributed by atoms with van der Waals surface area (Å²) in [4.78, 5) is 2.53. The lowest BCUT2D eigenvalue weighted by atomic mass is 9.94. The molecule has 0 bridgehead atoms. The van der Waals surface area contributed by atoms with Crippen LogP contribution < -0.4 is 0 Å². The minimum Gasteiger partial charge on any atom is -0.376 e. The molecule has 0 aromatic carbocycles. The Balaban J connectivity index is 1.68. The van der Waals surface area contributed by atoms with Gasteiger partial charge in [0.1, 0.15) is 0 Å². The first-order chi connectivity index (χ1) is 6.22. The van der Waals surface area contributed by atoms with Crippen LogP contribution in [0.3, 0.4) is 0 Å². The first kappa shape index (κ1) is 9.81. The van der Waals surface area contributed by atoms with Crippen LogP contribution in [0.4, 0.5) is 0 Å². The fourth-order valence-electron chi connectivity index (χ4n) is 2.25. The van der Waals surface area contributed by atoms with Gasteiger partial charge >= 0.3 is 0 Å². The van der Waals surface area contributed by atoms with E-state index in [2.05, 4.69) is 23.6 Å². The zero-order chi connectivity index (χ0) is 9.31. The Morgan fingerprint density at radius 3 is 2.85 bits per heavy atom. The molecule has 1 atom stereocenters. The summed E-state index contributed by atoms with van der Waals surface area (Å²) in [5.41, 5.74) is 0.158. The highest BCUT2D eigenvalue weighted by molar-refractivity contribution is 7.99. The van der Waals surface area contributed by atoms with Gasteiger partial charge in [-0.1, -0.05) is 0 Å². The van der Waals surface area contributed by atoms with Crippen LogP contribution in [0, 0.1) is 5.92 Å². The zero-order valence-corrected chi connectivity index (χ0v) is 9.40. The summed E-state index contributed by atoms with van der Waals surface area (Å²) >= 11 is 2.11. The van der Waals surface area contributed by atoms with Crippen molar-refractivity contribution in [3.05, 3.63) is 0 Å². The van der Waals surface area contributed by atoms with Crippen LogP contribution in [0.2, 0.25) is 0 Å². The Morgan fingerprint density at radius 2 is 2.31 bits per heavy atom. The first-order valence-corrected chi connectivity index (χ1v) is 6.22. The van der Waals surface area contributed by atoms with Crippen molar-refractivity contribution >= 4 is 11.8 Å². The highest BCUT2D eigenvalue weighted by Crippen LogP contribution is 2.29. The second-order valence-corrected chi connectivity index (χ2v) is 5.70. The van der Waals surface area contributed by atoms with E-state index >= 15 is 0 Å². The molecule has 0 radical (unpaired) electrons. The largest absolute Gasteiger partial charge is 0.376 e.